The van der Waals surface area contributed by atoms with Crippen molar-refractivity contribution < 1.29 is 4.74 Å². The van der Waals surface area contributed by atoms with Crippen molar-refractivity contribution in [2.75, 3.05) is 13.1 Å². The van der Waals surface area contributed by atoms with Gasteiger partial charge in [0.05, 0.1) is 5.52 Å². The summed E-state index contributed by atoms with van der Waals surface area (Å²) < 4.78 is 8.58. The number of nitrogens with zero attached hydrogens (tertiary/aromatic N) is 3. The van der Waals surface area contributed by atoms with Crippen LogP contribution in [0.5, 0.6) is 5.88 Å². The fourth-order valence-electron chi connectivity index (χ4n) is 5.35. The molecule has 2 unspecified atom stereocenters. The van der Waals surface area contributed by atoms with E-state index in [1.807, 2.05) is 18.3 Å². The molecule has 0 spiro atoms. The zero-order valence-corrected chi connectivity index (χ0v) is 17.8. The predicted octanol–water partition coefficient (Wildman–Crippen LogP) is 5.55. The Balaban J connectivity index is 1.23. The van der Waals surface area contributed by atoms with E-state index in [1.54, 1.807) is 0 Å². The number of hydrogen-bond acceptors (Lipinski definition) is 3. The van der Waals surface area contributed by atoms with Crippen molar-refractivity contribution in [3.8, 4) is 22.7 Å². The van der Waals surface area contributed by atoms with Crippen LogP contribution in [0.1, 0.15) is 19.8 Å². The topological polar surface area (TPSA) is 30.3 Å². The molecule has 31 heavy (non-hydrogen) atoms. The second kappa shape index (κ2) is 7.54. The molecule has 2 bridgehead atoms. The monoisotopic (exact) mass is 409 g/mol. The van der Waals surface area contributed by atoms with Crippen LogP contribution < -0.4 is 4.74 Å². The van der Waals surface area contributed by atoms with Gasteiger partial charge in [0.1, 0.15) is 6.10 Å². The molecule has 156 valence electrons. The van der Waals surface area contributed by atoms with Crippen LogP contribution in [0.2, 0.25) is 0 Å². The Labute approximate surface area is 183 Å². The number of benzene rings is 2. The van der Waals surface area contributed by atoms with Gasteiger partial charge < -0.3 is 9.30 Å². The molecular formula is C27H27N3O. The highest BCUT2D eigenvalue weighted by molar-refractivity contribution is 5.86. The third-order valence-corrected chi connectivity index (χ3v) is 7.14. The molecule has 0 aliphatic carbocycles. The molecule has 3 saturated heterocycles. The molecule has 0 N–H and O–H groups in total. The van der Waals surface area contributed by atoms with Crippen LogP contribution >= 0.6 is 0 Å². The van der Waals surface area contributed by atoms with Crippen LogP contribution in [0.4, 0.5) is 0 Å². The number of fused-ring (bicyclic) bond motifs is 4. The molecule has 7 rings (SSSR count). The summed E-state index contributed by atoms with van der Waals surface area (Å²) in [5.74, 6) is 1.41. The van der Waals surface area contributed by atoms with Crippen molar-refractivity contribution in [3.05, 3.63) is 79.1 Å². The first-order valence-corrected chi connectivity index (χ1v) is 11.3. The third-order valence-electron chi connectivity index (χ3n) is 7.14. The molecule has 0 saturated carbocycles. The van der Waals surface area contributed by atoms with E-state index >= 15 is 0 Å². The van der Waals surface area contributed by atoms with Crippen molar-refractivity contribution in [1.29, 1.82) is 0 Å². The van der Waals surface area contributed by atoms with Gasteiger partial charge in [-0.3, -0.25) is 4.90 Å². The van der Waals surface area contributed by atoms with Crippen molar-refractivity contribution in [2.45, 2.75) is 31.9 Å². The second-order valence-electron chi connectivity index (χ2n) is 8.88. The Bertz CT molecular complexity index is 1190. The van der Waals surface area contributed by atoms with E-state index in [4.69, 9.17) is 4.74 Å². The lowest BCUT2D eigenvalue weighted by molar-refractivity contribution is -0.0525. The van der Waals surface area contributed by atoms with Gasteiger partial charge in [0.15, 0.2) is 0 Å². The lowest BCUT2D eigenvalue weighted by Crippen LogP contribution is -2.58. The molecule has 2 atom stereocenters. The average Bonchev–Trinajstić information content (AvgIpc) is 3.26. The molecule has 0 amide bonds. The first-order chi connectivity index (χ1) is 15.3. The summed E-state index contributed by atoms with van der Waals surface area (Å²) in [5.41, 5.74) is 4.67. The maximum Gasteiger partial charge on any atom is 0.213 e. The maximum absolute atomic E-state index is 6.36. The van der Waals surface area contributed by atoms with Gasteiger partial charge in [0.2, 0.25) is 5.88 Å². The van der Waals surface area contributed by atoms with Gasteiger partial charge in [-0.15, -0.1) is 0 Å². The first-order valence-electron chi connectivity index (χ1n) is 11.3. The molecule has 5 heterocycles. The first kappa shape index (κ1) is 18.6. The van der Waals surface area contributed by atoms with Crippen LogP contribution in [0.25, 0.3) is 27.7 Å². The van der Waals surface area contributed by atoms with E-state index in [-0.39, 0.29) is 6.10 Å². The minimum atomic E-state index is 0.259. The highest BCUT2D eigenvalue weighted by atomic mass is 16.5. The lowest BCUT2D eigenvalue weighted by atomic mass is 9.81. The zero-order chi connectivity index (χ0) is 20.8. The Kier molecular flexibility index (Phi) is 4.53. The van der Waals surface area contributed by atoms with E-state index in [2.05, 4.69) is 82.2 Å². The highest BCUT2D eigenvalue weighted by Crippen LogP contribution is 2.35. The quantitative estimate of drug-likeness (QED) is 0.442. The Morgan fingerprint density at radius 1 is 0.903 bits per heavy atom. The van der Waals surface area contributed by atoms with E-state index in [0.29, 0.717) is 12.0 Å². The van der Waals surface area contributed by atoms with Crippen molar-refractivity contribution in [3.63, 3.8) is 0 Å². The number of pyridine rings is 1. The number of para-hydroxylation sites is 1. The van der Waals surface area contributed by atoms with Gasteiger partial charge in [-0.25, -0.2) is 4.98 Å². The average molecular weight is 410 g/mol. The van der Waals surface area contributed by atoms with Crippen molar-refractivity contribution in [2.24, 2.45) is 5.92 Å². The predicted molar refractivity (Wildman–Crippen MR) is 125 cm³/mol. The molecule has 3 aliphatic rings. The molecule has 4 aromatic rings. The number of rotatable bonds is 4. The van der Waals surface area contributed by atoms with Crippen LogP contribution in [0.3, 0.4) is 0 Å². The molecule has 0 radical (unpaired) electrons. The largest absolute Gasteiger partial charge is 0.472 e. The van der Waals surface area contributed by atoms with Crippen LogP contribution in [-0.2, 0) is 0 Å². The van der Waals surface area contributed by atoms with Gasteiger partial charge in [0.25, 0.3) is 0 Å². The Morgan fingerprint density at radius 2 is 1.71 bits per heavy atom. The minimum Gasteiger partial charge on any atom is -0.472 e. The summed E-state index contributed by atoms with van der Waals surface area (Å²) in [7, 11) is 0. The van der Waals surface area contributed by atoms with Crippen molar-refractivity contribution in [1.82, 2.24) is 14.5 Å². The molecule has 2 aromatic heterocycles. The standard InChI is InChI=1S/C27H27N3O/c1-19-27(20-11-14-29(19)15-12-20)31-26-10-8-23(18-28-26)21-7-9-25-22(17-21)13-16-30(25)24-5-3-2-4-6-24/h2-10,13,16-20,27H,11-12,14-15H2,1H3. The van der Waals surface area contributed by atoms with E-state index in [1.165, 1.54) is 48.1 Å². The minimum absolute atomic E-state index is 0.259. The summed E-state index contributed by atoms with van der Waals surface area (Å²) in [6.45, 7) is 4.72. The zero-order valence-electron chi connectivity index (χ0n) is 17.8. The molecule has 2 aromatic carbocycles. The molecule has 4 nitrogen and oxygen atoms in total. The van der Waals surface area contributed by atoms with Gasteiger partial charge >= 0.3 is 0 Å². The summed E-state index contributed by atoms with van der Waals surface area (Å²) in [4.78, 5) is 7.21. The van der Waals surface area contributed by atoms with Crippen LogP contribution in [0, 0.1) is 5.92 Å². The SMILES string of the molecule is CC1C(Oc2ccc(-c3ccc4c(ccn4-c4ccccc4)c3)cn2)C2CCN1CC2. The lowest BCUT2D eigenvalue weighted by Gasteiger charge is -2.49. The summed E-state index contributed by atoms with van der Waals surface area (Å²) in [5, 5.41) is 1.22. The van der Waals surface area contributed by atoms with Crippen LogP contribution in [0.15, 0.2) is 79.1 Å². The van der Waals surface area contributed by atoms with Gasteiger partial charge in [-0.2, -0.15) is 0 Å². The van der Waals surface area contributed by atoms with Gasteiger partial charge in [0, 0.05) is 41.1 Å². The van der Waals surface area contributed by atoms with Crippen molar-refractivity contribution >= 4 is 10.9 Å². The fourth-order valence-corrected chi connectivity index (χ4v) is 5.35. The van der Waals surface area contributed by atoms with E-state index in [0.717, 1.165) is 11.4 Å². The molecular weight excluding hydrogens is 382 g/mol. The molecule has 3 fully saturated rings. The number of piperidine rings is 3. The van der Waals surface area contributed by atoms with Crippen LogP contribution in [-0.4, -0.2) is 39.7 Å². The van der Waals surface area contributed by atoms with E-state index in [9.17, 15) is 0 Å². The van der Waals surface area contributed by atoms with Gasteiger partial charge in [-0.1, -0.05) is 24.3 Å². The summed E-state index contributed by atoms with van der Waals surface area (Å²) in [6.07, 6.45) is 6.82. The molecule has 4 heteroatoms. The van der Waals surface area contributed by atoms with E-state index < -0.39 is 0 Å². The molecule has 3 aliphatic heterocycles. The Morgan fingerprint density at radius 3 is 2.45 bits per heavy atom. The summed E-state index contributed by atoms with van der Waals surface area (Å²) in [6, 6.07) is 23.9. The normalized spacial score (nSPS) is 25.1. The number of ether oxygens (including phenoxy) is 1. The Hall–Kier alpha value is -3.11. The second-order valence-corrected chi connectivity index (χ2v) is 8.88. The fraction of sp³-hybridized carbons (Fsp3) is 0.296. The van der Waals surface area contributed by atoms with Gasteiger partial charge in [-0.05, 0) is 80.7 Å². The number of aromatic nitrogens is 2. The highest BCUT2D eigenvalue weighted by Gasteiger charge is 2.41. The maximum atomic E-state index is 6.36. The smallest absolute Gasteiger partial charge is 0.213 e. The third kappa shape index (κ3) is 3.31. The number of hydrogen-bond donors (Lipinski definition) is 0. The summed E-state index contributed by atoms with van der Waals surface area (Å²) >= 11 is 0.